The number of anilines is 3. The monoisotopic (exact) mass is 363 g/mol. The number of rotatable bonds is 6. The van der Waals surface area contributed by atoms with E-state index in [1.54, 1.807) is 12.3 Å². The minimum absolute atomic E-state index is 0.0492. The van der Waals surface area contributed by atoms with Gasteiger partial charge in [0.2, 0.25) is 5.95 Å². The molecule has 8 heteroatoms. The largest absolute Gasteiger partial charge is 0.361 e. The van der Waals surface area contributed by atoms with Crippen LogP contribution in [0.4, 0.5) is 22.0 Å². The van der Waals surface area contributed by atoms with Gasteiger partial charge in [0.05, 0.1) is 0 Å². The van der Waals surface area contributed by atoms with Crippen molar-refractivity contribution in [3.05, 3.63) is 60.0 Å². The zero-order valence-electron chi connectivity index (χ0n) is 14.4. The summed E-state index contributed by atoms with van der Waals surface area (Å²) < 4.78 is 13.2. The lowest BCUT2D eigenvalue weighted by atomic mass is 10.1. The molecule has 1 aliphatic rings. The summed E-state index contributed by atoms with van der Waals surface area (Å²) in [5, 5.41) is 14.6. The predicted octanol–water partition coefficient (Wildman–Crippen LogP) is 3.86. The van der Waals surface area contributed by atoms with Gasteiger partial charge in [-0.2, -0.15) is 10.1 Å². The molecular weight excluding hydrogens is 345 g/mol. The maximum absolute atomic E-state index is 13.2. The SMILES string of the molecule is F[C@H]1CC1c1cc(Nc2ccnc(NCc3cccc4[nH]ccc34)n2)n[nH]1. The van der Waals surface area contributed by atoms with Crippen LogP contribution in [0.25, 0.3) is 10.9 Å². The lowest BCUT2D eigenvalue weighted by Crippen LogP contribution is -2.05. The second kappa shape index (κ2) is 6.39. The minimum Gasteiger partial charge on any atom is -0.361 e. The fourth-order valence-corrected chi connectivity index (χ4v) is 3.20. The van der Waals surface area contributed by atoms with E-state index in [2.05, 4.69) is 47.9 Å². The van der Waals surface area contributed by atoms with Gasteiger partial charge in [-0.05, 0) is 30.2 Å². The van der Waals surface area contributed by atoms with Crippen LogP contribution in [0.2, 0.25) is 0 Å². The number of hydrogen-bond acceptors (Lipinski definition) is 5. The number of hydrogen-bond donors (Lipinski definition) is 4. The average Bonchev–Trinajstić information content (AvgIpc) is 3.08. The number of nitrogens with one attached hydrogen (secondary N) is 4. The minimum atomic E-state index is -0.752. The molecule has 0 spiro atoms. The van der Waals surface area contributed by atoms with Crippen LogP contribution in [-0.2, 0) is 6.54 Å². The van der Waals surface area contributed by atoms with E-state index in [1.165, 1.54) is 5.39 Å². The van der Waals surface area contributed by atoms with Crippen molar-refractivity contribution in [1.29, 1.82) is 0 Å². The van der Waals surface area contributed by atoms with E-state index in [0.717, 1.165) is 16.8 Å². The van der Waals surface area contributed by atoms with E-state index >= 15 is 0 Å². The molecule has 3 heterocycles. The Balaban J connectivity index is 1.27. The van der Waals surface area contributed by atoms with Crippen LogP contribution >= 0.6 is 0 Å². The Bertz CT molecular complexity index is 1090. The maximum Gasteiger partial charge on any atom is 0.224 e. The molecule has 4 aromatic rings. The van der Waals surface area contributed by atoms with Gasteiger partial charge in [-0.1, -0.05) is 12.1 Å². The summed E-state index contributed by atoms with van der Waals surface area (Å²) in [6, 6.07) is 11.8. The zero-order valence-corrected chi connectivity index (χ0v) is 14.4. The molecule has 7 nitrogen and oxygen atoms in total. The highest BCUT2D eigenvalue weighted by molar-refractivity contribution is 5.83. The number of alkyl halides is 1. The molecule has 3 aromatic heterocycles. The van der Waals surface area contributed by atoms with Crippen LogP contribution in [-0.4, -0.2) is 31.3 Å². The van der Waals surface area contributed by atoms with Crippen molar-refractivity contribution in [2.45, 2.75) is 25.1 Å². The number of fused-ring (bicyclic) bond motifs is 1. The van der Waals surface area contributed by atoms with Gasteiger partial charge < -0.3 is 15.6 Å². The topological polar surface area (TPSA) is 94.3 Å². The number of H-pyrrole nitrogens is 2. The highest BCUT2D eigenvalue weighted by Crippen LogP contribution is 2.43. The molecule has 1 aromatic carbocycles. The molecule has 1 fully saturated rings. The normalized spacial score (nSPS) is 18.6. The molecule has 0 saturated heterocycles. The first-order valence-corrected chi connectivity index (χ1v) is 8.84. The molecule has 2 atom stereocenters. The standard InChI is InChI=1S/C19H18FN7/c20-14-8-13(14)16-9-18(27-26-16)24-17-5-7-22-19(25-17)23-10-11-2-1-3-15-12(11)4-6-21-15/h1-7,9,13-14,21H,8,10H2,(H3,22,23,24,25,26,27)/t13?,14-/m0/s1. The summed E-state index contributed by atoms with van der Waals surface area (Å²) in [4.78, 5) is 11.9. The van der Waals surface area contributed by atoms with Crippen molar-refractivity contribution in [2.24, 2.45) is 0 Å². The number of aromatic amines is 2. The first kappa shape index (κ1) is 15.8. The fraction of sp³-hybridized carbons (Fsp3) is 0.211. The maximum atomic E-state index is 13.2. The highest BCUT2D eigenvalue weighted by atomic mass is 19.1. The van der Waals surface area contributed by atoms with Crippen molar-refractivity contribution in [3.8, 4) is 0 Å². The Kier molecular flexibility index (Phi) is 3.74. The van der Waals surface area contributed by atoms with E-state index in [9.17, 15) is 4.39 Å². The molecule has 0 radical (unpaired) electrons. The van der Waals surface area contributed by atoms with Crippen LogP contribution in [0.15, 0.2) is 48.8 Å². The average molecular weight is 363 g/mol. The fourth-order valence-electron chi connectivity index (χ4n) is 3.20. The number of aromatic nitrogens is 5. The Morgan fingerprint density at radius 1 is 1.19 bits per heavy atom. The van der Waals surface area contributed by atoms with Crippen molar-refractivity contribution in [2.75, 3.05) is 10.6 Å². The lowest BCUT2D eigenvalue weighted by molar-refractivity contribution is 0.466. The van der Waals surface area contributed by atoms with E-state index in [4.69, 9.17) is 0 Å². The summed E-state index contributed by atoms with van der Waals surface area (Å²) in [6.45, 7) is 0.616. The van der Waals surface area contributed by atoms with Crippen LogP contribution < -0.4 is 10.6 Å². The quantitative estimate of drug-likeness (QED) is 0.417. The molecule has 0 aliphatic heterocycles. The third-order valence-electron chi connectivity index (χ3n) is 4.74. The molecule has 1 unspecified atom stereocenters. The molecule has 0 amide bonds. The first-order valence-electron chi connectivity index (χ1n) is 8.84. The molecular formula is C19H18FN7. The van der Waals surface area contributed by atoms with Gasteiger partial charge in [-0.3, -0.25) is 5.10 Å². The van der Waals surface area contributed by atoms with E-state index in [1.807, 2.05) is 24.4 Å². The third-order valence-corrected chi connectivity index (χ3v) is 4.74. The van der Waals surface area contributed by atoms with Crippen molar-refractivity contribution >= 4 is 28.5 Å². The molecule has 4 N–H and O–H groups in total. The van der Waals surface area contributed by atoms with Gasteiger partial charge in [0.15, 0.2) is 5.82 Å². The highest BCUT2D eigenvalue weighted by Gasteiger charge is 2.40. The molecule has 1 aliphatic carbocycles. The Hall–Kier alpha value is -3.42. The number of nitrogens with zero attached hydrogens (tertiary/aromatic N) is 3. The van der Waals surface area contributed by atoms with E-state index in [-0.39, 0.29) is 5.92 Å². The van der Waals surface area contributed by atoms with Crippen LogP contribution in [0, 0.1) is 0 Å². The molecule has 1 saturated carbocycles. The van der Waals surface area contributed by atoms with Gasteiger partial charge >= 0.3 is 0 Å². The van der Waals surface area contributed by atoms with Gasteiger partial charge in [0, 0.05) is 47.5 Å². The Labute approximate surface area is 154 Å². The number of halogens is 1. The van der Waals surface area contributed by atoms with Gasteiger partial charge in [0.25, 0.3) is 0 Å². The third kappa shape index (κ3) is 3.21. The van der Waals surface area contributed by atoms with E-state index in [0.29, 0.717) is 30.5 Å². The van der Waals surface area contributed by atoms with Gasteiger partial charge in [-0.25, -0.2) is 9.37 Å². The second-order valence-corrected chi connectivity index (χ2v) is 6.67. The summed E-state index contributed by atoms with van der Waals surface area (Å²) in [5.41, 5.74) is 3.08. The summed E-state index contributed by atoms with van der Waals surface area (Å²) in [7, 11) is 0. The Morgan fingerprint density at radius 3 is 3.00 bits per heavy atom. The predicted molar refractivity (Wildman–Crippen MR) is 102 cm³/mol. The van der Waals surface area contributed by atoms with Crippen LogP contribution in [0.3, 0.4) is 0 Å². The van der Waals surface area contributed by atoms with Crippen molar-refractivity contribution in [3.63, 3.8) is 0 Å². The second-order valence-electron chi connectivity index (χ2n) is 6.67. The molecule has 0 bridgehead atoms. The van der Waals surface area contributed by atoms with Gasteiger partial charge in [0.1, 0.15) is 12.0 Å². The Morgan fingerprint density at radius 2 is 2.11 bits per heavy atom. The zero-order chi connectivity index (χ0) is 18.2. The van der Waals surface area contributed by atoms with Crippen molar-refractivity contribution < 1.29 is 4.39 Å². The number of benzene rings is 1. The first-order chi connectivity index (χ1) is 13.3. The smallest absolute Gasteiger partial charge is 0.224 e. The van der Waals surface area contributed by atoms with Crippen molar-refractivity contribution in [1.82, 2.24) is 25.1 Å². The molecule has 27 heavy (non-hydrogen) atoms. The lowest BCUT2D eigenvalue weighted by Gasteiger charge is -2.08. The molecule has 5 rings (SSSR count). The summed E-state index contributed by atoms with van der Waals surface area (Å²) in [6.07, 6.45) is 3.43. The van der Waals surface area contributed by atoms with Gasteiger partial charge in [-0.15, -0.1) is 0 Å². The van der Waals surface area contributed by atoms with Crippen LogP contribution in [0.5, 0.6) is 0 Å². The van der Waals surface area contributed by atoms with Crippen LogP contribution in [0.1, 0.15) is 23.6 Å². The van der Waals surface area contributed by atoms with E-state index < -0.39 is 6.17 Å². The summed E-state index contributed by atoms with van der Waals surface area (Å²) in [5.74, 6) is 1.71. The summed E-state index contributed by atoms with van der Waals surface area (Å²) >= 11 is 0. The molecule has 136 valence electrons.